The molecule has 1 heterocycles. The molecule has 1 aliphatic rings. The largest absolute Gasteiger partial charge is 0.334 e. The van der Waals surface area contributed by atoms with Crippen LogP contribution in [-0.2, 0) is 13.1 Å². The molecule has 4 nitrogen and oxygen atoms in total. The van der Waals surface area contributed by atoms with Gasteiger partial charge < -0.3 is 15.1 Å². The van der Waals surface area contributed by atoms with Crippen molar-refractivity contribution in [1.82, 2.24) is 15.1 Å². The zero-order valence-electron chi connectivity index (χ0n) is 14.3. The summed E-state index contributed by atoms with van der Waals surface area (Å²) in [6.45, 7) is 7.73. The number of piperidine rings is 1. The van der Waals surface area contributed by atoms with Gasteiger partial charge in [-0.25, -0.2) is 4.79 Å². The molecule has 2 unspecified atom stereocenters. The summed E-state index contributed by atoms with van der Waals surface area (Å²) < 4.78 is 0. The third-order valence-corrected chi connectivity index (χ3v) is 4.12. The first-order valence-corrected chi connectivity index (χ1v) is 8.19. The maximum Gasteiger partial charge on any atom is 0.317 e. The van der Waals surface area contributed by atoms with Gasteiger partial charge in [-0.1, -0.05) is 38.1 Å². The van der Waals surface area contributed by atoms with Crippen LogP contribution in [-0.4, -0.2) is 43.0 Å². The van der Waals surface area contributed by atoms with Crippen LogP contribution in [0.4, 0.5) is 4.79 Å². The SMILES string of the molecule is CC1CC(C)CN(C(=O)NCc2ccc(CN(C)C)cc2)C1. The fourth-order valence-corrected chi connectivity index (χ4v) is 3.25. The first-order chi connectivity index (χ1) is 10.4. The van der Waals surface area contributed by atoms with Crippen molar-refractivity contribution in [1.29, 1.82) is 0 Å². The van der Waals surface area contributed by atoms with Gasteiger partial charge >= 0.3 is 6.03 Å². The Balaban J connectivity index is 1.83. The van der Waals surface area contributed by atoms with Gasteiger partial charge in [0.05, 0.1) is 0 Å². The average Bonchev–Trinajstić information content (AvgIpc) is 2.44. The van der Waals surface area contributed by atoms with Crippen LogP contribution in [0, 0.1) is 11.8 Å². The van der Waals surface area contributed by atoms with E-state index < -0.39 is 0 Å². The molecule has 2 rings (SSSR count). The highest BCUT2D eigenvalue weighted by Crippen LogP contribution is 2.20. The first kappa shape index (κ1) is 16.8. The van der Waals surface area contributed by atoms with Crippen molar-refractivity contribution in [2.24, 2.45) is 11.8 Å². The number of amides is 2. The Hall–Kier alpha value is -1.55. The van der Waals surface area contributed by atoms with Crippen molar-refractivity contribution in [3.63, 3.8) is 0 Å². The van der Waals surface area contributed by atoms with Crippen LogP contribution in [0.1, 0.15) is 31.4 Å². The summed E-state index contributed by atoms with van der Waals surface area (Å²) in [6, 6.07) is 8.52. The average molecular weight is 303 g/mol. The van der Waals surface area contributed by atoms with Crippen LogP contribution >= 0.6 is 0 Å². The Morgan fingerprint density at radius 2 is 1.68 bits per heavy atom. The zero-order valence-corrected chi connectivity index (χ0v) is 14.3. The van der Waals surface area contributed by atoms with E-state index in [1.165, 1.54) is 12.0 Å². The van der Waals surface area contributed by atoms with E-state index in [9.17, 15) is 4.79 Å². The van der Waals surface area contributed by atoms with Gasteiger partial charge in [0.1, 0.15) is 0 Å². The van der Waals surface area contributed by atoms with Gasteiger partial charge in [-0.2, -0.15) is 0 Å². The Morgan fingerprint density at radius 3 is 2.23 bits per heavy atom. The van der Waals surface area contributed by atoms with E-state index in [1.54, 1.807) is 0 Å². The van der Waals surface area contributed by atoms with E-state index >= 15 is 0 Å². The highest BCUT2D eigenvalue weighted by atomic mass is 16.2. The van der Waals surface area contributed by atoms with E-state index in [2.05, 4.69) is 62.4 Å². The minimum Gasteiger partial charge on any atom is -0.334 e. The minimum atomic E-state index is 0.0655. The van der Waals surface area contributed by atoms with E-state index in [0.717, 1.165) is 25.2 Å². The maximum absolute atomic E-state index is 12.3. The molecule has 2 amide bonds. The first-order valence-electron chi connectivity index (χ1n) is 8.19. The van der Waals surface area contributed by atoms with Crippen LogP contribution < -0.4 is 5.32 Å². The van der Waals surface area contributed by atoms with Crippen molar-refractivity contribution in [2.45, 2.75) is 33.4 Å². The lowest BCUT2D eigenvalue weighted by molar-refractivity contribution is 0.146. The molecule has 4 heteroatoms. The summed E-state index contributed by atoms with van der Waals surface area (Å²) in [6.07, 6.45) is 1.22. The van der Waals surface area contributed by atoms with Gasteiger partial charge in [0.15, 0.2) is 0 Å². The van der Waals surface area contributed by atoms with Crippen molar-refractivity contribution in [3.05, 3.63) is 35.4 Å². The smallest absolute Gasteiger partial charge is 0.317 e. The Kier molecular flexibility index (Phi) is 5.83. The molecule has 122 valence electrons. The number of urea groups is 1. The topological polar surface area (TPSA) is 35.6 Å². The van der Waals surface area contributed by atoms with Crippen molar-refractivity contribution < 1.29 is 4.79 Å². The summed E-state index contributed by atoms with van der Waals surface area (Å²) in [5.74, 6) is 1.19. The molecule has 22 heavy (non-hydrogen) atoms. The number of nitrogens with zero attached hydrogens (tertiary/aromatic N) is 2. The summed E-state index contributed by atoms with van der Waals surface area (Å²) in [5.41, 5.74) is 2.44. The molecule has 0 aliphatic carbocycles. The summed E-state index contributed by atoms with van der Waals surface area (Å²) in [4.78, 5) is 16.4. The third kappa shape index (κ3) is 5.02. The second-order valence-electron chi connectivity index (χ2n) is 7.06. The van der Waals surface area contributed by atoms with Crippen molar-refractivity contribution in [3.8, 4) is 0 Å². The number of hydrogen-bond acceptors (Lipinski definition) is 2. The molecular weight excluding hydrogens is 274 g/mol. The van der Waals surface area contributed by atoms with Crippen molar-refractivity contribution in [2.75, 3.05) is 27.2 Å². The number of benzene rings is 1. The normalized spacial score (nSPS) is 22.0. The van der Waals surface area contributed by atoms with Gasteiger partial charge in [-0.05, 0) is 43.5 Å². The Labute approximate surface area is 134 Å². The van der Waals surface area contributed by atoms with Crippen LogP contribution in [0.15, 0.2) is 24.3 Å². The molecule has 1 aliphatic heterocycles. The van der Waals surface area contributed by atoms with E-state index in [0.29, 0.717) is 18.4 Å². The number of carbonyl (C=O) groups excluding carboxylic acids is 1. The fraction of sp³-hybridized carbons (Fsp3) is 0.611. The zero-order chi connectivity index (χ0) is 16.1. The number of rotatable bonds is 4. The monoisotopic (exact) mass is 303 g/mol. The molecule has 1 saturated heterocycles. The summed E-state index contributed by atoms with van der Waals surface area (Å²) in [5, 5.41) is 3.05. The van der Waals surface area contributed by atoms with Crippen molar-refractivity contribution >= 4 is 6.03 Å². The third-order valence-electron chi connectivity index (χ3n) is 4.12. The summed E-state index contributed by atoms with van der Waals surface area (Å²) in [7, 11) is 4.13. The molecule has 0 saturated carbocycles. The van der Waals surface area contributed by atoms with E-state index in [1.807, 2.05) is 4.90 Å². The number of carbonyl (C=O) groups is 1. The lowest BCUT2D eigenvalue weighted by atomic mass is 9.92. The predicted octanol–water partition coefficient (Wildman–Crippen LogP) is 2.94. The predicted molar refractivity (Wildman–Crippen MR) is 90.6 cm³/mol. The number of likely N-dealkylation sites (tertiary alicyclic amines) is 1. The number of hydrogen-bond donors (Lipinski definition) is 1. The van der Waals surface area contributed by atoms with Gasteiger partial charge in [0, 0.05) is 26.2 Å². The quantitative estimate of drug-likeness (QED) is 0.928. The van der Waals surface area contributed by atoms with Gasteiger partial charge in [-0.3, -0.25) is 0 Å². The van der Waals surface area contributed by atoms with Crippen LogP contribution in [0.2, 0.25) is 0 Å². The molecule has 2 atom stereocenters. The summed E-state index contributed by atoms with van der Waals surface area (Å²) >= 11 is 0. The van der Waals surface area contributed by atoms with Gasteiger partial charge in [0.25, 0.3) is 0 Å². The highest BCUT2D eigenvalue weighted by Gasteiger charge is 2.24. The molecule has 0 aromatic heterocycles. The Morgan fingerprint density at radius 1 is 1.14 bits per heavy atom. The van der Waals surface area contributed by atoms with E-state index in [4.69, 9.17) is 0 Å². The van der Waals surface area contributed by atoms with E-state index in [-0.39, 0.29) is 6.03 Å². The molecule has 1 N–H and O–H groups in total. The second-order valence-corrected chi connectivity index (χ2v) is 7.06. The lowest BCUT2D eigenvalue weighted by Crippen LogP contribution is -2.47. The van der Waals surface area contributed by atoms with Crippen LogP contribution in [0.3, 0.4) is 0 Å². The number of nitrogens with one attached hydrogen (secondary N) is 1. The molecular formula is C18H29N3O. The van der Waals surface area contributed by atoms with Gasteiger partial charge in [-0.15, -0.1) is 0 Å². The highest BCUT2D eigenvalue weighted by molar-refractivity contribution is 5.74. The minimum absolute atomic E-state index is 0.0655. The Bertz CT molecular complexity index is 474. The van der Waals surface area contributed by atoms with Gasteiger partial charge in [0.2, 0.25) is 0 Å². The molecule has 1 fully saturated rings. The molecule has 0 spiro atoms. The molecule has 1 aromatic rings. The lowest BCUT2D eigenvalue weighted by Gasteiger charge is -2.34. The maximum atomic E-state index is 12.3. The standard InChI is InChI=1S/C18H29N3O/c1-14-9-15(2)12-21(11-14)18(22)19-10-16-5-7-17(8-6-16)13-20(3)4/h5-8,14-15H,9-13H2,1-4H3,(H,19,22). The molecule has 1 aromatic carbocycles. The van der Waals surface area contributed by atoms with Crippen LogP contribution in [0.25, 0.3) is 0 Å². The second kappa shape index (κ2) is 7.63. The fourth-order valence-electron chi connectivity index (χ4n) is 3.25. The molecule has 0 radical (unpaired) electrons. The molecule has 0 bridgehead atoms. The van der Waals surface area contributed by atoms with Crippen LogP contribution in [0.5, 0.6) is 0 Å².